The van der Waals surface area contributed by atoms with Gasteiger partial charge in [-0.1, -0.05) is 18.5 Å². The van der Waals surface area contributed by atoms with E-state index in [0.29, 0.717) is 23.1 Å². The van der Waals surface area contributed by atoms with Crippen LogP contribution in [0.25, 0.3) is 5.69 Å². The molecular formula is C12H14ClN3O. The SMILES string of the molecule is CCCOc1cc(-n2cc(Cl)cn2)ccc1N. The van der Waals surface area contributed by atoms with Crippen molar-refractivity contribution in [1.29, 1.82) is 0 Å². The lowest BCUT2D eigenvalue weighted by Crippen LogP contribution is -2.01. The summed E-state index contributed by atoms with van der Waals surface area (Å²) < 4.78 is 7.24. The molecule has 0 amide bonds. The number of nitrogens with zero attached hydrogens (tertiary/aromatic N) is 2. The highest BCUT2D eigenvalue weighted by Gasteiger charge is 2.05. The third kappa shape index (κ3) is 2.71. The monoisotopic (exact) mass is 251 g/mol. The van der Waals surface area contributed by atoms with E-state index in [1.165, 1.54) is 0 Å². The molecule has 0 unspecified atom stereocenters. The van der Waals surface area contributed by atoms with Gasteiger partial charge in [0.15, 0.2) is 0 Å². The van der Waals surface area contributed by atoms with Crippen LogP contribution in [0.4, 0.5) is 5.69 Å². The highest BCUT2D eigenvalue weighted by atomic mass is 35.5. The van der Waals surface area contributed by atoms with E-state index < -0.39 is 0 Å². The molecule has 0 saturated carbocycles. The minimum absolute atomic E-state index is 0.595. The third-order valence-electron chi connectivity index (χ3n) is 2.27. The number of rotatable bonds is 4. The summed E-state index contributed by atoms with van der Waals surface area (Å²) in [7, 11) is 0. The fourth-order valence-corrected chi connectivity index (χ4v) is 1.58. The minimum atomic E-state index is 0.595. The quantitative estimate of drug-likeness (QED) is 0.850. The van der Waals surface area contributed by atoms with Crippen molar-refractivity contribution in [3.63, 3.8) is 0 Å². The molecule has 0 aliphatic rings. The largest absolute Gasteiger partial charge is 0.491 e. The summed E-state index contributed by atoms with van der Waals surface area (Å²) in [4.78, 5) is 0. The van der Waals surface area contributed by atoms with Gasteiger partial charge in [-0.2, -0.15) is 5.10 Å². The van der Waals surface area contributed by atoms with Crippen LogP contribution in [-0.2, 0) is 0 Å². The molecule has 0 aliphatic heterocycles. The highest BCUT2D eigenvalue weighted by molar-refractivity contribution is 6.30. The molecule has 4 nitrogen and oxygen atoms in total. The standard InChI is InChI=1S/C12H14ClN3O/c1-2-5-17-12-6-10(3-4-11(12)14)16-8-9(13)7-15-16/h3-4,6-8H,2,5,14H2,1H3. The Morgan fingerprint density at radius 3 is 2.94 bits per heavy atom. The van der Waals surface area contributed by atoms with Crippen LogP contribution in [0.15, 0.2) is 30.6 Å². The predicted octanol–water partition coefficient (Wildman–Crippen LogP) is 2.90. The Kier molecular flexibility index (Phi) is 3.54. The molecular weight excluding hydrogens is 238 g/mol. The van der Waals surface area contributed by atoms with E-state index in [0.717, 1.165) is 12.1 Å². The van der Waals surface area contributed by atoms with Crippen molar-refractivity contribution in [2.75, 3.05) is 12.3 Å². The van der Waals surface area contributed by atoms with Crippen LogP contribution in [0.2, 0.25) is 5.02 Å². The van der Waals surface area contributed by atoms with Crippen LogP contribution in [-0.4, -0.2) is 16.4 Å². The fourth-order valence-electron chi connectivity index (χ4n) is 1.44. The second-order valence-electron chi connectivity index (χ2n) is 3.67. The summed E-state index contributed by atoms with van der Waals surface area (Å²) in [5, 5.41) is 4.72. The molecule has 5 heteroatoms. The summed E-state index contributed by atoms with van der Waals surface area (Å²) in [6, 6.07) is 5.53. The molecule has 2 rings (SSSR count). The van der Waals surface area contributed by atoms with Gasteiger partial charge in [0.25, 0.3) is 0 Å². The third-order valence-corrected chi connectivity index (χ3v) is 2.47. The van der Waals surface area contributed by atoms with E-state index in [1.54, 1.807) is 23.1 Å². The van der Waals surface area contributed by atoms with Crippen molar-refractivity contribution in [2.24, 2.45) is 0 Å². The Morgan fingerprint density at radius 1 is 1.47 bits per heavy atom. The molecule has 0 bridgehead atoms. The van der Waals surface area contributed by atoms with Crippen LogP contribution in [0, 0.1) is 0 Å². The Balaban J connectivity index is 2.30. The van der Waals surface area contributed by atoms with E-state index in [9.17, 15) is 0 Å². The topological polar surface area (TPSA) is 53.1 Å². The van der Waals surface area contributed by atoms with Gasteiger partial charge in [-0.05, 0) is 18.6 Å². The predicted molar refractivity (Wildman–Crippen MR) is 68.8 cm³/mol. The molecule has 90 valence electrons. The summed E-state index contributed by atoms with van der Waals surface area (Å²) in [5.74, 6) is 0.677. The van der Waals surface area contributed by atoms with Gasteiger partial charge in [0.1, 0.15) is 5.75 Å². The molecule has 17 heavy (non-hydrogen) atoms. The number of anilines is 1. The van der Waals surface area contributed by atoms with E-state index in [4.69, 9.17) is 22.1 Å². The number of ether oxygens (including phenoxy) is 1. The number of benzene rings is 1. The van der Waals surface area contributed by atoms with Gasteiger partial charge in [0, 0.05) is 12.3 Å². The van der Waals surface area contributed by atoms with Gasteiger partial charge in [-0.3, -0.25) is 0 Å². The molecule has 2 N–H and O–H groups in total. The summed E-state index contributed by atoms with van der Waals surface area (Å²) in [6.07, 6.45) is 4.26. The Hall–Kier alpha value is -1.68. The van der Waals surface area contributed by atoms with Crippen molar-refractivity contribution in [2.45, 2.75) is 13.3 Å². The Labute approximate surface area is 105 Å². The summed E-state index contributed by atoms with van der Waals surface area (Å²) in [6.45, 7) is 2.70. The molecule has 2 aromatic rings. The van der Waals surface area contributed by atoms with Crippen LogP contribution >= 0.6 is 11.6 Å². The minimum Gasteiger partial charge on any atom is -0.491 e. The maximum Gasteiger partial charge on any atom is 0.144 e. The van der Waals surface area contributed by atoms with Crippen LogP contribution in [0.3, 0.4) is 0 Å². The van der Waals surface area contributed by atoms with Crippen LogP contribution < -0.4 is 10.5 Å². The first-order valence-electron chi connectivity index (χ1n) is 5.43. The second kappa shape index (κ2) is 5.10. The average molecular weight is 252 g/mol. The lowest BCUT2D eigenvalue weighted by Gasteiger charge is -2.09. The molecule has 1 aromatic heterocycles. The normalized spacial score (nSPS) is 10.5. The summed E-state index contributed by atoms with van der Waals surface area (Å²) >= 11 is 5.83. The van der Waals surface area contributed by atoms with Gasteiger partial charge in [0.05, 0.1) is 29.2 Å². The molecule has 0 aliphatic carbocycles. The lowest BCUT2D eigenvalue weighted by atomic mass is 10.2. The number of hydrogen-bond acceptors (Lipinski definition) is 3. The summed E-state index contributed by atoms with van der Waals surface area (Å²) in [5.41, 5.74) is 7.33. The highest BCUT2D eigenvalue weighted by Crippen LogP contribution is 2.25. The molecule has 0 atom stereocenters. The molecule has 0 spiro atoms. The number of halogens is 1. The lowest BCUT2D eigenvalue weighted by molar-refractivity contribution is 0.319. The van der Waals surface area contributed by atoms with Gasteiger partial charge in [0.2, 0.25) is 0 Å². The van der Waals surface area contributed by atoms with E-state index in [-0.39, 0.29) is 0 Å². The number of hydrogen-bond donors (Lipinski definition) is 1. The van der Waals surface area contributed by atoms with Crippen LogP contribution in [0.1, 0.15) is 13.3 Å². The molecule has 0 radical (unpaired) electrons. The zero-order chi connectivity index (χ0) is 12.3. The number of nitrogens with two attached hydrogens (primary N) is 1. The average Bonchev–Trinajstić information content (AvgIpc) is 2.75. The fraction of sp³-hybridized carbons (Fsp3) is 0.250. The molecule has 1 aromatic carbocycles. The first-order chi connectivity index (χ1) is 8.20. The zero-order valence-corrected chi connectivity index (χ0v) is 10.3. The Bertz CT molecular complexity index is 510. The van der Waals surface area contributed by atoms with Gasteiger partial charge in [-0.25, -0.2) is 4.68 Å². The van der Waals surface area contributed by atoms with Crippen molar-refractivity contribution in [3.8, 4) is 11.4 Å². The van der Waals surface area contributed by atoms with Gasteiger partial charge >= 0.3 is 0 Å². The van der Waals surface area contributed by atoms with E-state index >= 15 is 0 Å². The van der Waals surface area contributed by atoms with Crippen molar-refractivity contribution >= 4 is 17.3 Å². The maximum absolute atomic E-state index is 5.83. The molecule has 0 fully saturated rings. The maximum atomic E-state index is 5.83. The zero-order valence-electron chi connectivity index (χ0n) is 9.56. The van der Waals surface area contributed by atoms with Gasteiger partial charge in [-0.15, -0.1) is 0 Å². The van der Waals surface area contributed by atoms with Crippen molar-refractivity contribution < 1.29 is 4.74 Å². The van der Waals surface area contributed by atoms with Gasteiger partial charge < -0.3 is 10.5 Å². The Morgan fingerprint density at radius 2 is 2.29 bits per heavy atom. The molecule has 0 saturated heterocycles. The number of nitrogen functional groups attached to an aromatic ring is 1. The van der Waals surface area contributed by atoms with Crippen molar-refractivity contribution in [3.05, 3.63) is 35.6 Å². The first-order valence-corrected chi connectivity index (χ1v) is 5.81. The number of aromatic nitrogens is 2. The smallest absolute Gasteiger partial charge is 0.144 e. The molecule has 1 heterocycles. The van der Waals surface area contributed by atoms with Crippen molar-refractivity contribution in [1.82, 2.24) is 9.78 Å². The van der Waals surface area contributed by atoms with E-state index in [2.05, 4.69) is 5.10 Å². The second-order valence-corrected chi connectivity index (χ2v) is 4.11. The first kappa shape index (κ1) is 11.8. The van der Waals surface area contributed by atoms with E-state index in [1.807, 2.05) is 19.1 Å². The van der Waals surface area contributed by atoms with Crippen LogP contribution in [0.5, 0.6) is 5.75 Å².